The number of rotatable bonds is 6. The van der Waals surface area contributed by atoms with E-state index in [1.807, 2.05) is 37.3 Å². The highest BCUT2D eigenvalue weighted by Crippen LogP contribution is 2.23. The van der Waals surface area contributed by atoms with Crippen LogP contribution in [0.15, 0.2) is 48.5 Å². The van der Waals surface area contributed by atoms with Gasteiger partial charge < -0.3 is 19.5 Å². The number of benzene rings is 2. The SMILES string of the molecule is C/C=C(\Cc1cc(OC)cc(B(O)O)c1)c1ccc(OC)cc1. The van der Waals surface area contributed by atoms with Gasteiger partial charge in [0.2, 0.25) is 0 Å². The van der Waals surface area contributed by atoms with Gasteiger partial charge in [0.15, 0.2) is 0 Å². The monoisotopic (exact) mass is 312 g/mol. The minimum Gasteiger partial charge on any atom is -0.497 e. The van der Waals surface area contributed by atoms with Crippen LogP contribution in [0.4, 0.5) is 0 Å². The normalized spacial score (nSPS) is 11.3. The van der Waals surface area contributed by atoms with Crippen LogP contribution in [-0.2, 0) is 6.42 Å². The number of methoxy groups -OCH3 is 2. The highest BCUT2D eigenvalue weighted by atomic mass is 16.5. The highest BCUT2D eigenvalue weighted by molar-refractivity contribution is 6.58. The smallest absolute Gasteiger partial charge is 0.488 e. The first-order valence-corrected chi connectivity index (χ1v) is 7.41. The maximum Gasteiger partial charge on any atom is 0.488 e. The van der Waals surface area contributed by atoms with Crippen LogP contribution >= 0.6 is 0 Å². The molecule has 0 amide bonds. The fourth-order valence-electron chi connectivity index (χ4n) is 2.45. The average Bonchev–Trinajstić information content (AvgIpc) is 2.59. The van der Waals surface area contributed by atoms with E-state index in [1.165, 1.54) is 0 Å². The Balaban J connectivity index is 2.29. The average molecular weight is 312 g/mol. The lowest BCUT2D eigenvalue weighted by Gasteiger charge is -2.12. The van der Waals surface area contributed by atoms with Crippen molar-refractivity contribution < 1.29 is 19.5 Å². The Labute approximate surface area is 137 Å². The van der Waals surface area contributed by atoms with E-state index >= 15 is 0 Å². The summed E-state index contributed by atoms with van der Waals surface area (Å²) in [6.45, 7) is 1.99. The maximum atomic E-state index is 9.41. The molecule has 0 saturated carbocycles. The van der Waals surface area contributed by atoms with Crippen molar-refractivity contribution in [1.29, 1.82) is 0 Å². The van der Waals surface area contributed by atoms with E-state index in [0.29, 0.717) is 17.6 Å². The molecule has 0 spiro atoms. The first-order chi connectivity index (χ1) is 11.1. The zero-order valence-corrected chi connectivity index (χ0v) is 13.6. The van der Waals surface area contributed by atoms with Crippen molar-refractivity contribution >= 4 is 18.2 Å². The summed E-state index contributed by atoms with van der Waals surface area (Å²) in [6, 6.07) is 13.2. The number of hydrogen-bond donors (Lipinski definition) is 2. The van der Waals surface area contributed by atoms with Crippen LogP contribution in [0, 0.1) is 0 Å². The van der Waals surface area contributed by atoms with E-state index < -0.39 is 7.12 Å². The molecule has 2 N–H and O–H groups in total. The number of allylic oxidation sites excluding steroid dienone is 2. The molecular formula is C18H21BO4. The fourth-order valence-corrected chi connectivity index (χ4v) is 2.45. The minimum absolute atomic E-state index is 0.421. The Bertz CT molecular complexity index is 678. The zero-order valence-electron chi connectivity index (χ0n) is 13.6. The quantitative estimate of drug-likeness (QED) is 0.801. The molecule has 5 heteroatoms. The van der Waals surface area contributed by atoms with Crippen LogP contribution in [0.5, 0.6) is 11.5 Å². The predicted molar refractivity (Wildman–Crippen MR) is 93.2 cm³/mol. The third-order valence-corrected chi connectivity index (χ3v) is 3.73. The fraction of sp³-hybridized carbons (Fsp3) is 0.222. The van der Waals surface area contributed by atoms with E-state index in [1.54, 1.807) is 26.4 Å². The van der Waals surface area contributed by atoms with Crippen LogP contribution < -0.4 is 14.9 Å². The lowest BCUT2D eigenvalue weighted by atomic mass is 9.79. The van der Waals surface area contributed by atoms with Gasteiger partial charge in [-0.1, -0.05) is 24.3 Å². The largest absolute Gasteiger partial charge is 0.497 e. The standard InChI is InChI=1S/C18H21BO4/c1-4-14(15-5-7-17(22-2)8-6-15)9-13-10-16(19(20)21)12-18(11-13)23-3/h4-8,10-12,20-21H,9H2,1-3H3/b14-4+. The topological polar surface area (TPSA) is 58.9 Å². The first kappa shape index (κ1) is 17.1. The molecule has 2 aromatic carbocycles. The van der Waals surface area contributed by atoms with Crippen molar-refractivity contribution in [2.45, 2.75) is 13.3 Å². The van der Waals surface area contributed by atoms with Crippen molar-refractivity contribution in [2.24, 2.45) is 0 Å². The Morgan fingerprint density at radius 1 is 1.00 bits per heavy atom. The third-order valence-electron chi connectivity index (χ3n) is 3.73. The molecule has 0 radical (unpaired) electrons. The van der Waals surface area contributed by atoms with Crippen molar-refractivity contribution in [3.05, 3.63) is 59.7 Å². The van der Waals surface area contributed by atoms with Crippen LogP contribution in [0.3, 0.4) is 0 Å². The van der Waals surface area contributed by atoms with Gasteiger partial charge >= 0.3 is 7.12 Å². The Morgan fingerprint density at radius 2 is 1.65 bits per heavy atom. The summed E-state index contributed by atoms with van der Waals surface area (Å²) in [4.78, 5) is 0. The van der Waals surface area contributed by atoms with Gasteiger partial charge in [-0.15, -0.1) is 0 Å². The number of ether oxygens (including phenoxy) is 2. The summed E-state index contributed by atoms with van der Waals surface area (Å²) >= 11 is 0. The van der Waals surface area contributed by atoms with Crippen LogP contribution in [0.1, 0.15) is 18.1 Å². The van der Waals surface area contributed by atoms with E-state index in [-0.39, 0.29) is 0 Å². The molecule has 23 heavy (non-hydrogen) atoms. The molecule has 0 aliphatic heterocycles. The van der Waals surface area contributed by atoms with E-state index in [0.717, 1.165) is 22.4 Å². The molecule has 0 bridgehead atoms. The zero-order chi connectivity index (χ0) is 16.8. The van der Waals surface area contributed by atoms with Crippen LogP contribution in [0.25, 0.3) is 5.57 Å². The molecular weight excluding hydrogens is 291 g/mol. The van der Waals surface area contributed by atoms with Gasteiger partial charge in [0.05, 0.1) is 14.2 Å². The molecule has 0 fully saturated rings. The Kier molecular flexibility index (Phi) is 5.85. The molecule has 0 saturated heterocycles. The second-order valence-electron chi connectivity index (χ2n) is 5.21. The molecule has 2 aromatic rings. The summed E-state index contributed by atoms with van der Waals surface area (Å²) in [7, 11) is 1.69. The van der Waals surface area contributed by atoms with Crippen LogP contribution in [0.2, 0.25) is 0 Å². The van der Waals surface area contributed by atoms with Gasteiger partial charge in [0.1, 0.15) is 11.5 Å². The maximum absolute atomic E-state index is 9.41. The molecule has 120 valence electrons. The van der Waals surface area contributed by atoms with Gasteiger partial charge in [0.25, 0.3) is 0 Å². The van der Waals surface area contributed by atoms with Crippen molar-refractivity contribution in [1.82, 2.24) is 0 Å². The highest BCUT2D eigenvalue weighted by Gasteiger charge is 2.14. The van der Waals surface area contributed by atoms with E-state index in [9.17, 15) is 10.0 Å². The first-order valence-electron chi connectivity index (χ1n) is 7.41. The second kappa shape index (κ2) is 7.86. The van der Waals surface area contributed by atoms with Gasteiger partial charge in [0, 0.05) is 0 Å². The molecule has 0 aliphatic rings. The summed E-state index contributed by atoms with van der Waals surface area (Å²) in [5.41, 5.74) is 3.61. The van der Waals surface area contributed by atoms with Gasteiger partial charge in [-0.2, -0.15) is 0 Å². The lowest BCUT2D eigenvalue weighted by Crippen LogP contribution is -2.30. The minimum atomic E-state index is -1.51. The summed E-state index contributed by atoms with van der Waals surface area (Å²) < 4.78 is 10.4. The molecule has 4 nitrogen and oxygen atoms in total. The van der Waals surface area contributed by atoms with Gasteiger partial charge in [-0.3, -0.25) is 0 Å². The molecule has 0 aromatic heterocycles. The van der Waals surface area contributed by atoms with Crippen molar-refractivity contribution in [2.75, 3.05) is 14.2 Å². The van der Waals surface area contributed by atoms with E-state index in [2.05, 4.69) is 6.08 Å². The number of hydrogen-bond acceptors (Lipinski definition) is 4. The molecule has 0 aliphatic carbocycles. The van der Waals surface area contributed by atoms with E-state index in [4.69, 9.17) is 9.47 Å². The Morgan fingerprint density at radius 3 is 2.17 bits per heavy atom. The molecule has 0 atom stereocenters. The molecule has 0 unspecified atom stereocenters. The Hall–Kier alpha value is -2.24. The lowest BCUT2D eigenvalue weighted by molar-refractivity contribution is 0.411. The second-order valence-corrected chi connectivity index (χ2v) is 5.21. The summed E-state index contributed by atoms with van der Waals surface area (Å²) in [5, 5.41) is 18.8. The van der Waals surface area contributed by atoms with Crippen molar-refractivity contribution in [3.63, 3.8) is 0 Å². The third kappa shape index (κ3) is 4.37. The molecule has 2 rings (SSSR count). The molecule has 0 heterocycles. The van der Waals surface area contributed by atoms with Crippen molar-refractivity contribution in [3.8, 4) is 11.5 Å². The summed E-state index contributed by atoms with van der Waals surface area (Å²) in [6.07, 6.45) is 2.72. The van der Waals surface area contributed by atoms with Gasteiger partial charge in [-0.05, 0) is 59.8 Å². The predicted octanol–water partition coefficient (Wildman–Crippen LogP) is 2.03. The van der Waals surface area contributed by atoms with Crippen LogP contribution in [-0.4, -0.2) is 31.4 Å². The van der Waals surface area contributed by atoms with Gasteiger partial charge in [-0.25, -0.2) is 0 Å². The summed E-state index contributed by atoms with van der Waals surface area (Å²) in [5.74, 6) is 1.42.